The van der Waals surface area contributed by atoms with Gasteiger partial charge in [0, 0.05) is 11.3 Å². The van der Waals surface area contributed by atoms with Gasteiger partial charge in [-0.2, -0.15) is 0 Å². The molecule has 0 aliphatic carbocycles. The molecule has 0 heterocycles. The number of hydrogen-bond donors (Lipinski definition) is 2. The third-order valence-electron chi connectivity index (χ3n) is 4.49. The molecule has 0 saturated heterocycles. The molecule has 0 unspecified atom stereocenters. The fourth-order valence-electron chi connectivity index (χ4n) is 3.01. The summed E-state index contributed by atoms with van der Waals surface area (Å²) in [5.41, 5.74) is 0.538. The van der Waals surface area contributed by atoms with Crippen LogP contribution in [0.4, 0.5) is 5.69 Å². The van der Waals surface area contributed by atoms with E-state index in [1.54, 1.807) is 36.4 Å². The fraction of sp³-hybridized carbons (Fsp3) is 0.182. The molecule has 150 valence electrons. The molecular formula is C22H22N2O4S. The number of carbonyl (C=O) groups is 2. The number of benzene rings is 3. The summed E-state index contributed by atoms with van der Waals surface area (Å²) in [4.78, 5) is 23.6. The van der Waals surface area contributed by atoms with Crippen molar-refractivity contribution < 1.29 is 18.0 Å². The molecule has 2 N–H and O–H groups in total. The number of aldehydes is 1. The molecule has 3 rings (SSSR count). The van der Waals surface area contributed by atoms with Crippen molar-refractivity contribution in [2.45, 2.75) is 30.7 Å². The Kier molecular flexibility index (Phi) is 6.29. The third kappa shape index (κ3) is 5.00. The molecule has 0 spiro atoms. The second-order valence-corrected chi connectivity index (χ2v) is 8.38. The first kappa shape index (κ1) is 20.5. The van der Waals surface area contributed by atoms with Gasteiger partial charge in [-0.05, 0) is 47.5 Å². The average Bonchev–Trinajstić information content (AvgIpc) is 2.72. The number of amides is 1. The Bertz CT molecular complexity index is 1140. The summed E-state index contributed by atoms with van der Waals surface area (Å²) in [5, 5.41) is 4.41. The van der Waals surface area contributed by atoms with Crippen molar-refractivity contribution in [3.05, 3.63) is 72.3 Å². The molecule has 0 bridgehead atoms. The highest BCUT2D eigenvalue weighted by molar-refractivity contribution is 7.92. The Morgan fingerprint density at radius 3 is 2.48 bits per heavy atom. The number of sulfonamides is 1. The van der Waals surface area contributed by atoms with Crippen LogP contribution in [0.1, 0.15) is 30.1 Å². The molecule has 0 aliphatic heterocycles. The van der Waals surface area contributed by atoms with E-state index in [1.807, 2.05) is 31.2 Å². The summed E-state index contributed by atoms with van der Waals surface area (Å²) >= 11 is 0. The third-order valence-corrected chi connectivity index (χ3v) is 5.87. The first-order valence-corrected chi connectivity index (χ1v) is 10.8. The Hall–Kier alpha value is -3.19. The highest BCUT2D eigenvalue weighted by Gasteiger charge is 2.17. The molecule has 1 atom stereocenters. The van der Waals surface area contributed by atoms with Crippen LogP contribution in [-0.4, -0.2) is 26.7 Å². The fourth-order valence-corrected chi connectivity index (χ4v) is 4.09. The minimum Gasteiger partial charge on any atom is -0.343 e. The normalized spacial score (nSPS) is 12.3. The Morgan fingerprint density at radius 1 is 1.00 bits per heavy atom. The molecule has 6 nitrogen and oxygen atoms in total. The van der Waals surface area contributed by atoms with E-state index in [2.05, 4.69) is 10.0 Å². The lowest BCUT2D eigenvalue weighted by Crippen LogP contribution is -2.35. The van der Waals surface area contributed by atoms with Crippen molar-refractivity contribution in [2.24, 2.45) is 0 Å². The first-order valence-electron chi connectivity index (χ1n) is 9.31. The first-order chi connectivity index (χ1) is 13.9. The van der Waals surface area contributed by atoms with Gasteiger partial charge in [0.1, 0.15) is 6.29 Å². The van der Waals surface area contributed by atoms with Crippen LogP contribution in [0.5, 0.6) is 0 Å². The van der Waals surface area contributed by atoms with Crippen LogP contribution in [0.15, 0.2) is 71.6 Å². The van der Waals surface area contributed by atoms with Gasteiger partial charge in [-0.3, -0.25) is 9.52 Å². The van der Waals surface area contributed by atoms with Gasteiger partial charge in [-0.1, -0.05) is 49.7 Å². The van der Waals surface area contributed by atoms with E-state index in [-0.39, 0.29) is 16.1 Å². The predicted octanol–water partition coefficient (Wildman–Crippen LogP) is 3.74. The minimum atomic E-state index is -3.82. The number of rotatable bonds is 8. The molecule has 3 aromatic carbocycles. The van der Waals surface area contributed by atoms with E-state index < -0.39 is 22.0 Å². The second kappa shape index (κ2) is 8.87. The summed E-state index contributed by atoms with van der Waals surface area (Å²) in [6, 6.07) is 18.0. The zero-order valence-corrected chi connectivity index (χ0v) is 16.8. The lowest BCUT2D eigenvalue weighted by atomic mass is 10.1. The van der Waals surface area contributed by atoms with Gasteiger partial charge in [0.25, 0.3) is 15.9 Å². The summed E-state index contributed by atoms with van der Waals surface area (Å²) in [6.07, 6.45) is 2.01. The van der Waals surface area contributed by atoms with E-state index >= 15 is 0 Å². The highest BCUT2D eigenvalue weighted by atomic mass is 32.2. The molecule has 0 radical (unpaired) electrons. The monoisotopic (exact) mass is 410 g/mol. The van der Waals surface area contributed by atoms with Crippen molar-refractivity contribution in [1.82, 2.24) is 5.32 Å². The lowest BCUT2D eigenvalue weighted by molar-refractivity contribution is -0.109. The van der Waals surface area contributed by atoms with Crippen molar-refractivity contribution in [1.29, 1.82) is 0 Å². The number of hydrogen-bond acceptors (Lipinski definition) is 4. The van der Waals surface area contributed by atoms with Crippen LogP contribution in [0.3, 0.4) is 0 Å². The Balaban J connectivity index is 1.81. The van der Waals surface area contributed by atoms with Crippen molar-refractivity contribution in [3.63, 3.8) is 0 Å². The van der Waals surface area contributed by atoms with Gasteiger partial charge in [0.05, 0.1) is 10.9 Å². The second-order valence-electron chi connectivity index (χ2n) is 6.70. The van der Waals surface area contributed by atoms with Crippen LogP contribution in [-0.2, 0) is 14.8 Å². The smallest absolute Gasteiger partial charge is 0.261 e. The molecule has 1 amide bonds. The quantitative estimate of drug-likeness (QED) is 0.554. The molecule has 0 aliphatic rings. The zero-order chi connectivity index (χ0) is 20.9. The van der Waals surface area contributed by atoms with E-state index in [0.29, 0.717) is 12.7 Å². The molecular weight excluding hydrogens is 388 g/mol. The molecule has 7 heteroatoms. The van der Waals surface area contributed by atoms with Crippen molar-refractivity contribution in [3.8, 4) is 0 Å². The SMILES string of the molecule is CCC[C@@H](C=O)NC(=O)c1cccc(NS(=O)(=O)c2ccc3ccccc3c2)c1. The number of carbonyl (C=O) groups excluding carboxylic acids is 2. The summed E-state index contributed by atoms with van der Waals surface area (Å²) < 4.78 is 28.1. The average molecular weight is 410 g/mol. The molecule has 3 aromatic rings. The van der Waals surface area contributed by atoms with E-state index in [9.17, 15) is 18.0 Å². The highest BCUT2D eigenvalue weighted by Crippen LogP contribution is 2.22. The van der Waals surface area contributed by atoms with Gasteiger partial charge in [-0.25, -0.2) is 8.42 Å². The van der Waals surface area contributed by atoms with Crippen LogP contribution >= 0.6 is 0 Å². The summed E-state index contributed by atoms with van der Waals surface area (Å²) in [5.74, 6) is -0.428. The maximum Gasteiger partial charge on any atom is 0.261 e. The zero-order valence-electron chi connectivity index (χ0n) is 16.0. The van der Waals surface area contributed by atoms with E-state index in [0.717, 1.165) is 17.2 Å². The predicted molar refractivity (Wildman–Crippen MR) is 113 cm³/mol. The largest absolute Gasteiger partial charge is 0.343 e. The van der Waals surface area contributed by atoms with Crippen LogP contribution in [0, 0.1) is 0 Å². The number of nitrogens with one attached hydrogen (secondary N) is 2. The van der Waals surface area contributed by atoms with Gasteiger partial charge in [-0.15, -0.1) is 0 Å². The van der Waals surface area contributed by atoms with Crippen LogP contribution in [0.2, 0.25) is 0 Å². The number of anilines is 1. The number of fused-ring (bicyclic) bond motifs is 1. The van der Waals surface area contributed by atoms with Crippen molar-refractivity contribution >= 4 is 38.7 Å². The summed E-state index contributed by atoms with van der Waals surface area (Å²) in [7, 11) is -3.82. The lowest BCUT2D eigenvalue weighted by Gasteiger charge is -2.13. The van der Waals surface area contributed by atoms with E-state index in [4.69, 9.17) is 0 Å². The Morgan fingerprint density at radius 2 is 1.76 bits per heavy atom. The maximum atomic E-state index is 12.8. The topological polar surface area (TPSA) is 92.3 Å². The minimum absolute atomic E-state index is 0.134. The molecule has 0 saturated carbocycles. The Labute approximate surface area is 170 Å². The van der Waals surface area contributed by atoms with Gasteiger partial charge < -0.3 is 10.1 Å². The van der Waals surface area contributed by atoms with Gasteiger partial charge in [0.2, 0.25) is 0 Å². The van der Waals surface area contributed by atoms with Crippen LogP contribution < -0.4 is 10.0 Å². The molecule has 29 heavy (non-hydrogen) atoms. The molecule has 0 fully saturated rings. The standard InChI is InChI=1S/C22H22N2O4S/c1-2-6-20(15-25)23-22(26)18-9-5-10-19(13-18)24-29(27,28)21-12-11-16-7-3-4-8-17(16)14-21/h3-5,7-15,20,24H,2,6H2,1H3,(H,23,26)/t20-/m0/s1. The van der Waals surface area contributed by atoms with Gasteiger partial charge in [0.15, 0.2) is 0 Å². The van der Waals surface area contributed by atoms with Gasteiger partial charge >= 0.3 is 0 Å². The van der Waals surface area contributed by atoms with Crippen LogP contribution in [0.25, 0.3) is 10.8 Å². The van der Waals surface area contributed by atoms with Crippen molar-refractivity contribution in [2.75, 3.05) is 4.72 Å². The maximum absolute atomic E-state index is 12.8. The van der Waals surface area contributed by atoms with E-state index in [1.165, 1.54) is 6.07 Å². The molecule has 0 aromatic heterocycles. The summed E-state index contributed by atoms with van der Waals surface area (Å²) in [6.45, 7) is 1.92.